The topological polar surface area (TPSA) is 27.0 Å². The molecule has 10 heavy (non-hydrogen) atoms. The Bertz CT molecular complexity index is 97.6. The summed E-state index contributed by atoms with van der Waals surface area (Å²) in [6.45, 7) is 2.86. The van der Waals surface area contributed by atoms with E-state index in [4.69, 9.17) is 5.73 Å². The Labute approximate surface area is 61.2 Å². The van der Waals surface area contributed by atoms with Crippen LogP contribution in [0.15, 0.2) is 0 Å². The Morgan fingerprint density at radius 3 is 2.90 bits per heavy atom. The number of halogens is 1. The maximum atomic E-state index is 12.5. The van der Waals surface area contributed by atoms with Gasteiger partial charge in [-0.2, -0.15) is 0 Å². The molecule has 0 aromatic rings. The van der Waals surface area contributed by atoms with Crippen molar-refractivity contribution in [2.45, 2.75) is 19.0 Å². The lowest BCUT2D eigenvalue weighted by Gasteiger charge is -2.12. The minimum atomic E-state index is -0.606. The Hall–Kier alpha value is -0.150. The molecule has 0 aromatic heterocycles. The zero-order valence-corrected chi connectivity index (χ0v) is 6.15. The van der Waals surface area contributed by atoms with Crippen LogP contribution in [0.3, 0.4) is 0 Å². The molecule has 0 spiro atoms. The van der Waals surface area contributed by atoms with Gasteiger partial charge in [-0.1, -0.05) is 0 Å². The first-order valence-corrected chi connectivity index (χ1v) is 3.84. The first-order valence-electron chi connectivity index (χ1n) is 3.84. The van der Waals surface area contributed by atoms with Gasteiger partial charge in [0.05, 0.1) is 0 Å². The number of nitrogens with one attached hydrogen (secondary N) is 1. The molecule has 0 aromatic carbocycles. The maximum absolute atomic E-state index is 12.5. The van der Waals surface area contributed by atoms with E-state index in [-0.39, 0.29) is 0 Å². The molecule has 0 amide bonds. The Balaban J connectivity index is 2.06. The summed E-state index contributed by atoms with van der Waals surface area (Å²) in [4.78, 5) is 2.10. The van der Waals surface area contributed by atoms with Gasteiger partial charge in [0.2, 0.25) is 0 Å². The zero-order chi connectivity index (χ0) is 7.40. The fourth-order valence-corrected chi connectivity index (χ4v) is 1.29. The molecule has 1 N–H and O–H groups in total. The highest BCUT2D eigenvalue weighted by Gasteiger charge is 2.20. The molecule has 1 radical (unpaired) electrons. The minimum Gasteiger partial charge on any atom is -0.300 e. The van der Waals surface area contributed by atoms with Crippen LogP contribution in [-0.4, -0.2) is 37.3 Å². The number of hydrogen-bond acceptors (Lipinski definition) is 1. The van der Waals surface area contributed by atoms with Crippen molar-refractivity contribution in [1.82, 2.24) is 10.6 Å². The van der Waals surface area contributed by atoms with Crippen LogP contribution in [0.25, 0.3) is 0 Å². The number of alkyl halides is 1. The Kier molecular flexibility index (Phi) is 3.09. The van der Waals surface area contributed by atoms with Crippen LogP contribution in [-0.2, 0) is 0 Å². The standard InChI is InChI=1S/C7H14FN2/c8-7-2-5-10(6-7)4-1-3-9/h7,9H,1-6H2/t7-/m1/s1. The van der Waals surface area contributed by atoms with Crippen molar-refractivity contribution in [3.05, 3.63) is 0 Å². The lowest BCUT2D eigenvalue weighted by Crippen LogP contribution is -2.22. The van der Waals surface area contributed by atoms with E-state index in [2.05, 4.69) is 4.90 Å². The molecule has 0 aliphatic carbocycles. The van der Waals surface area contributed by atoms with Crippen LogP contribution in [0.1, 0.15) is 12.8 Å². The summed E-state index contributed by atoms with van der Waals surface area (Å²) < 4.78 is 12.5. The lowest BCUT2D eigenvalue weighted by molar-refractivity contribution is 0.286. The first-order chi connectivity index (χ1) is 4.83. The lowest BCUT2D eigenvalue weighted by atomic mass is 10.3. The van der Waals surface area contributed by atoms with Gasteiger partial charge in [-0.3, -0.25) is 5.73 Å². The normalized spacial score (nSPS) is 27.6. The van der Waals surface area contributed by atoms with Crippen molar-refractivity contribution in [1.29, 1.82) is 0 Å². The molecule has 0 unspecified atom stereocenters. The summed E-state index contributed by atoms with van der Waals surface area (Å²) in [5.41, 5.74) is 6.90. The van der Waals surface area contributed by atoms with Gasteiger partial charge in [0.15, 0.2) is 0 Å². The average Bonchev–Trinajstić information content (AvgIpc) is 2.31. The highest BCUT2D eigenvalue weighted by atomic mass is 19.1. The molecule has 1 aliphatic heterocycles. The van der Waals surface area contributed by atoms with Crippen molar-refractivity contribution < 1.29 is 4.39 Å². The molecular weight excluding hydrogens is 131 g/mol. The number of nitrogens with zero attached hydrogens (tertiary/aromatic N) is 1. The predicted octanol–water partition coefficient (Wildman–Crippen LogP) is 0.703. The van der Waals surface area contributed by atoms with Crippen LogP contribution in [0, 0.1) is 0 Å². The fourth-order valence-electron chi connectivity index (χ4n) is 1.29. The molecular formula is C7H14FN2. The fraction of sp³-hybridized carbons (Fsp3) is 1.00. The van der Waals surface area contributed by atoms with Crippen molar-refractivity contribution in [3.8, 4) is 0 Å². The molecule has 1 saturated heterocycles. The van der Waals surface area contributed by atoms with E-state index < -0.39 is 6.17 Å². The molecule has 1 aliphatic rings. The van der Waals surface area contributed by atoms with Crippen molar-refractivity contribution in [3.63, 3.8) is 0 Å². The van der Waals surface area contributed by atoms with E-state index in [1.54, 1.807) is 0 Å². The monoisotopic (exact) mass is 145 g/mol. The number of hydrogen-bond donors (Lipinski definition) is 0. The highest BCUT2D eigenvalue weighted by molar-refractivity contribution is 4.74. The highest BCUT2D eigenvalue weighted by Crippen LogP contribution is 2.11. The van der Waals surface area contributed by atoms with E-state index in [0.717, 1.165) is 19.5 Å². The third-order valence-corrected chi connectivity index (χ3v) is 1.87. The summed E-state index contributed by atoms with van der Waals surface area (Å²) in [6.07, 6.45) is 0.968. The summed E-state index contributed by atoms with van der Waals surface area (Å²) in [5.74, 6) is 0. The molecule has 1 atom stereocenters. The maximum Gasteiger partial charge on any atom is 0.114 e. The van der Waals surface area contributed by atoms with Crippen LogP contribution >= 0.6 is 0 Å². The molecule has 59 valence electrons. The Morgan fingerprint density at radius 2 is 2.40 bits per heavy atom. The molecule has 0 bridgehead atoms. The first kappa shape index (κ1) is 7.95. The van der Waals surface area contributed by atoms with Crippen molar-refractivity contribution in [2.75, 3.05) is 26.2 Å². The third-order valence-electron chi connectivity index (χ3n) is 1.87. The van der Waals surface area contributed by atoms with E-state index in [1.165, 1.54) is 0 Å². The van der Waals surface area contributed by atoms with Crippen LogP contribution in [0.4, 0.5) is 4.39 Å². The second-order valence-corrected chi connectivity index (χ2v) is 2.79. The molecule has 3 heteroatoms. The van der Waals surface area contributed by atoms with E-state index in [9.17, 15) is 4.39 Å². The second kappa shape index (κ2) is 3.88. The number of likely N-dealkylation sites (tertiary alicyclic amines) is 1. The molecule has 0 saturated carbocycles. The molecule has 1 fully saturated rings. The largest absolute Gasteiger partial charge is 0.300 e. The molecule has 2 nitrogen and oxygen atoms in total. The minimum absolute atomic E-state index is 0.466. The average molecular weight is 145 g/mol. The van der Waals surface area contributed by atoms with E-state index in [1.807, 2.05) is 0 Å². The van der Waals surface area contributed by atoms with Crippen LogP contribution < -0.4 is 5.73 Å². The van der Waals surface area contributed by atoms with Gasteiger partial charge in [0.1, 0.15) is 6.17 Å². The summed E-state index contributed by atoms with van der Waals surface area (Å²) in [5, 5.41) is 0. The third kappa shape index (κ3) is 2.23. The Morgan fingerprint density at radius 1 is 1.60 bits per heavy atom. The molecule has 1 heterocycles. The van der Waals surface area contributed by atoms with Gasteiger partial charge in [-0.25, -0.2) is 4.39 Å². The van der Waals surface area contributed by atoms with Gasteiger partial charge in [0, 0.05) is 19.6 Å². The van der Waals surface area contributed by atoms with Crippen LogP contribution in [0.5, 0.6) is 0 Å². The van der Waals surface area contributed by atoms with Gasteiger partial charge in [-0.05, 0) is 19.4 Å². The summed E-state index contributed by atoms with van der Waals surface area (Å²) >= 11 is 0. The summed E-state index contributed by atoms with van der Waals surface area (Å²) in [6, 6.07) is 0. The van der Waals surface area contributed by atoms with Crippen LogP contribution in [0.2, 0.25) is 0 Å². The molecule has 1 rings (SSSR count). The van der Waals surface area contributed by atoms with Gasteiger partial charge in [-0.15, -0.1) is 0 Å². The van der Waals surface area contributed by atoms with E-state index >= 15 is 0 Å². The van der Waals surface area contributed by atoms with Gasteiger partial charge >= 0.3 is 0 Å². The van der Waals surface area contributed by atoms with Crippen molar-refractivity contribution >= 4 is 0 Å². The van der Waals surface area contributed by atoms with Gasteiger partial charge < -0.3 is 4.90 Å². The van der Waals surface area contributed by atoms with Gasteiger partial charge in [0.25, 0.3) is 0 Å². The van der Waals surface area contributed by atoms with E-state index in [0.29, 0.717) is 19.5 Å². The predicted molar refractivity (Wildman–Crippen MR) is 38.5 cm³/mol. The SMILES string of the molecule is [NH]CCCN1CC[C@@H](F)C1. The summed E-state index contributed by atoms with van der Waals surface area (Å²) in [7, 11) is 0. The second-order valence-electron chi connectivity index (χ2n) is 2.79. The van der Waals surface area contributed by atoms with Crippen molar-refractivity contribution in [2.24, 2.45) is 0 Å². The smallest absolute Gasteiger partial charge is 0.114 e. The zero-order valence-electron chi connectivity index (χ0n) is 6.15. The quantitative estimate of drug-likeness (QED) is 0.574. The number of rotatable bonds is 3.